The third-order valence-corrected chi connectivity index (χ3v) is 12.0. The highest BCUT2D eigenvalue weighted by atomic mass is 32.1. The first-order valence-corrected chi connectivity index (χ1v) is 20.0. The Balaban J connectivity index is 0.933. The van der Waals surface area contributed by atoms with Gasteiger partial charge >= 0.3 is 0 Å². The lowest BCUT2D eigenvalue weighted by molar-refractivity contribution is -0.214. The Bertz CT molecular complexity index is 2760. The molecule has 56 heavy (non-hydrogen) atoms. The molecule has 1 fully saturated rings. The van der Waals surface area contributed by atoms with Crippen LogP contribution in [0.4, 0.5) is 11.4 Å². The van der Waals surface area contributed by atoms with E-state index in [1.54, 1.807) is 0 Å². The molecule has 1 atom stereocenters. The number of thiophene rings is 1. The Kier molecular flexibility index (Phi) is 9.19. The molecule has 1 unspecified atom stereocenters. The van der Waals surface area contributed by atoms with Crippen molar-refractivity contribution in [1.29, 1.82) is 0 Å². The zero-order valence-corrected chi connectivity index (χ0v) is 31.7. The van der Waals surface area contributed by atoms with E-state index in [0.29, 0.717) is 0 Å². The monoisotopic (exact) mass is 740 g/mol. The molecule has 5 heteroatoms. The van der Waals surface area contributed by atoms with E-state index >= 15 is 0 Å². The summed E-state index contributed by atoms with van der Waals surface area (Å²) >= 11 is 1.87. The molecule has 0 aliphatic carbocycles. The zero-order chi connectivity index (χ0) is 37.3. The average molecular weight is 741 g/mol. The highest BCUT2D eigenvalue weighted by Crippen LogP contribution is 2.42. The predicted octanol–water partition coefficient (Wildman–Crippen LogP) is 13.2. The predicted molar refractivity (Wildman–Crippen MR) is 235 cm³/mol. The smallest absolute Gasteiger partial charge is 0.118 e. The first kappa shape index (κ1) is 34.2. The minimum atomic E-state index is 0.0817. The van der Waals surface area contributed by atoms with Gasteiger partial charge in [-0.05, 0) is 74.8 Å². The molecular weight excluding hydrogens is 701 g/mol. The number of rotatable bonds is 10. The van der Waals surface area contributed by atoms with Crippen molar-refractivity contribution in [2.75, 3.05) is 5.32 Å². The minimum absolute atomic E-state index is 0.0817. The molecular formula is C51H40N4S. The summed E-state index contributed by atoms with van der Waals surface area (Å²) in [5, 5.41) is 11.1. The highest BCUT2D eigenvalue weighted by molar-refractivity contribution is 7.26. The molecule has 0 amide bonds. The van der Waals surface area contributed by atoms with E-state index in [9.17, 15) is 0 Å². The van der Waals surface area contributed by atoms with Gasteiger partial charge < -0.3 is 5.32 Å². The first-order chi connectivity index (χ1) is 27.7. The number of nitrogens with one attached hydrogen (secondary N) is 2. The largest absolute Gasteiger partial charge is 0.355 e. The second-order valence-electron chi connectivity index (χ2n) is 14.4. The second kappa shape index (κ2) is 15.1. The number of hydrogen-bond acceptors (Lipinski definition) is 5. The normalized spacial score (nSPS) is 14.5. The summed E-state index contributed by atoms with van der Waals surface area (Å²) in [5.41, 5.74) is 16.8. The summed E-state index contributed by atoms with van der Waals surface area (Å²) in [6.45, 7) is 1.57. The molecule has 1 saturated heterocycles. The van der Waals surface area contributed by atoms with Gasteiger partial charge in [-0.1, -0.05) is 170 Å². The first-order valence-electron chi connectivity index (χ1n) is 19.2. The van der Waals surface area contributed by atoms with E-state index < -0.39 is 0 Å². The maximum absolute atomic E-state index is 3.82. The maximum Gasteiger partial charge on any atom is 0.118 e. The van der Waals surface area contributed by atoms with Gasteiger partial charge in [0.15, 0.2) is 0 Å². The van der Waals surface area contributed by atoms with Gasteiger partial charge in [0.1, 0.15) is 6.17 Å². The number of hydrogen-bond donors (Lipinski definition) is 2. The molecule has 1 aromatic heterocycles. The third kappa shape index (κ3) is 6.79. The van der Waals surface area contributed by atoms with Crippen molar-refractivity contribution in [3.63, 3.8) is 0 Å². The standard InChI is InChI=1S/C51H40N4S/c1-4-14-36(15-5-1)34-54-51(42-21-12-20-40(32-42)38-16-6-2-7-17-38)55(53-54)35-37-26-29-43(30-27-37)52-48-33-41(28-31-44(48)39-18-8-3-9-19-39)45-23-13-24-47-46-22-10-11-25-49(46)56-50(45)47/h1-33,51-53H,34-35H2. The van der Waals surface area contributed by atoms with Crippen molar-refractivity contribution >= 4 is 42.9 Å². The average Bonchev–Trinajstić information content (AvgIpc) is 3.64. The molecule has 2 N–H and O–H groups in total. The number of anilines is 2. The second-order valence-corrected chi connectivity index (χ2v) is 15.5. The maximum atomic E-state index is 3.82. The van der Waals surface area contributed by atoms with Gasteiger partial charge in [0.25, 0.3) is 0 Å². The van der Waals surface area contributed by atoms with Crippen LogP contribution in [0.5, 0.6) is 0 Å². The quantitative estimate of drug-likeness (QED) is 0.146. The summed E-state index contributed by atoms with van der Waals surface area (Å²) in [5.74, 6) is 0. The fourth-order valence-corrected chi connectivity index (χ4v) is 9.22. The van der Waals surface area contributed by atoms with E-state index in [1.807, 2.05) is 11.3 Å². The summed E-state index contributed by atoms with van der Waals surface area (Å²) in [6.07, 6.45) is 0.0817. The van der Waals surface area contributed by atoms with Crippen LogP contribution in [0.3, 0.4) is 0 Å². The lowest BCUT2D eigenvalue weighted by Crippen LogP contribution is -2.66. The number of benzene rings is 8. The van der Waals surface area contributed by atoms with Crippen LogP contribution in [-0.2, 0) is 13.1 Å². The van der Waals surface area contributed by atoms with Crippen molar-refractivity contribution < 1.29 is 0 Å². The molecule has 0 bridgehead atoms. The Labute approximate surface area is 331 Å². The molecule has 10 rings (SSSR count). The summed E-state index contributed by atoms with van der Waals surface area (Å²) in [4.78, 5) is 0. The van der Waals surface area contributed by atoms with Gasteiger partial charge in [-0.25, -0.2) is 10.0 Å². The van der Waals surface area contributed by atoms with Crippen LogP contribution in [0.15, 0.2) is 200 Å². The molecule has 8 aromatic carbocycles. The lowest BCUT2D eigenvalue weighted by Gasteiger charge is -2.51. The van der Waals surface area contributed by atoms with Gasteiger partial charge in [-0.2, -0.15) is 5.53 Å². The molecule has 0 saturated carbocycles. The van der Waals surface area contributed by atoms with Gasteiger partial charge in [0, 0.05) is 50.2 Å². The Morgan fingerprint density at radius 3 is 1.86 bits per heavy atom. The van der Waals surface area contributed by atoms with Crippen LogP contribution in [0.1, 0.15) is 22.9 Å². The van der Waals surface area contributed by atoms with E-state index in [0.717, 1.165) is 24.5 Å². The number of nitrogens with zero attached hydrogens (tertiary/aromatic N) is 2. The topological polar surface area (TPSA) is 30.5 Å². The fourth-order valence-electron chi connectivity index (χ4n) is 7.98. The van der Waals surface area contributed by atoms with Gasteiger partial charge in [0.05, 0.1) is 0 Å². The zero-order valence-electron chi connectivity index (χ0n) is 30.8. The minimum Gasteiger partial charge on any atom is -0.355 e. The Morgan fingerprint density at radius 2 is 1.09 bits per heavy atom. The number of hydrazine groups is 2. The van der Waals surface area contributed by atoms with Crippen LogP contribution in [0.2, 0.25) is 0 Å². The molecule has 270 valence electrons. The van der Waals surface area contributed by atoms with E-state index in [4.69, 9.17) is 0 Å². The van der Waals surface area contributed by atoms with Crippen LogP contribution >= 0.6 is 11.3 Å². The summed E-state index contributed by atoms with van der Waals surface area (Å²) < 4.78 is 2.64. The van der Waals surface area contributed by atoms with E-state index in [2.05, 4.69) is 221 Å². The van der Waals surface area contributed by atoms with Gasteiger partial charge in [-0.3, -0.25) is 0 Å². The van der Waals surface area contributed by atoms with Gasteiger partial charge in [0.2, 0.25) is 0 Å². The SMILES string of the molecule is c1ccc(CN2NN(Cc3ccc(Nc4cc(-c5cccc6c5sc5ccccc56)ccc4-c4ccccc4)cc3)C2c2cccc(-c3ccccc3)c2)cc1. The summed E-state index contributed by atoms with van der Waals surface area (Å²) in [7, 11) is 0. The molecule has 0 radical (unpaired) electrons. The lowest BCUT2D eigenvalue weighted by atomic mass is 9.97. The molecule has 1 aliphatic rings. The van der Waals surface area contributed by atoms with E-state index in [1.165, 1.54) is 70.2 Å². The summed E-state index contributed by atoms with van der Waals surface area (Å²) in [6, 6.07) is 72.1. The highest BCUT2D eigenvalue weighted by Gasteiger charge is 2.37. The van der Waals surface area contributed by atoms with E-state index in [-0.39, 0.29) is 6.17 Å². The van der Waals surface area contributed by atoms with Crippen molar-refractivity contribution in [2.24, 2.45) is 0 Å². The fraction of sp³-hybridized carbons (Fsp3) is 0.0588. The molecule has 2 heterocycles. The molecule has 0 spiro atoms. The van der Waals surface area contributed by atoms with Crippen LogP contribution in [-0.4, -0.2) is 10.0 Å². The van der Waals surface area contributed by atoms with Crippen LogP contribution in [0.25, 0.3) is 53.6 Å². The van der Waals surface area contributed by atoms with Gasteiger partial charge in [-0.15, -0.1) is 11.3 Å². The van der Waals surface area contributed by atoms with Crippen molar-refractivity contribution in [1.82, 2.24) is 15.6 Å². The number of fused-ring (bicyclic) bond motifs is 3. The molecule has 4 nitrogen and oxygen atoms in total. The molecule has 1 aliphatic heterocycles. The van der Waals surface area contributed by atoms with Crippen LogP contribution in [0, 0.1) is 0 Å². The van der Waals surface area contributed by atoms with Crippen molar-refractivity contribution in [3.8, 4) is 33.4 Å². The third-order valence-electron chi connectivity index (χ3n) is 10.7. The Hall–Kier alpha value is -6.34. The Morgan fingerprint density at radius 1 is 0.464 bits per heavy atom. The molecule has 9 aromatic rings. The van der Waals surface area contributed by atoms with Crippen LogP contribution < -0.4 is 10.9 Å². The van der Waals surface area contributed by atoms with Crippen molar-refractivity contribution in [2.45, 2.75) is 19.3 Å². The van der Waals surface area contributed by atoms with Crippen molar-refractivity contribution in [3.05, 3.63) is 217 Å².